The molecule has 1 unspecified atom stereocenters. The Balaban J connectivity index is 2.25. The fraction of sp³-hybridized carbons (Fsp3) is 0.385. The summed E-state index contributed by atoms with van der Waals surface area (Å²) in [5.74, 6) is 1.01. The molecule has 1 heterocycles. The minimum atomic E-state index is 0.174. The lowest BCUT2D eigenvalue weighted by Gasteiger charge is -2.12. The van der Waals surface area contributed by atoms with Gasteiger partial charge in [0.25, 0.3) is 0 Å². The van der Waals surface area contributed by atoms with Gasteiger partial charge in [-0.25, -0.2) is 9.97 Å². The van der Waals surface area contributed by atoms with Gasteiger partial charge in [-0.1, -0.05) is 19.1 Å². The summed E-state index contributed by atoms with van der Waals surface area (Å²) in [7, 11) is 0. The zero-order valence-electron chi connectivity index (χ0n) is 10.1. The molecule has 90 valence electrons. The smallest absolute Gasteiger partial charge is 0.148 e. The molecule has 0 radical (unpaired) electrons. The highest BCUT2D eigenvalue weighted by Crippen LogP contribution is 2.16. The number of hydrogen-bond donors (Lipinski definition) is 2. The van der Waals surface area contributed by atoms with Crippen molar-refractivity contribution in [2.45, 2.75) is 13.8 Å². The first kappa shape index (κ1) is 11.8. The average Bonchev–Trinajstić information content (AvgIpc) is 2.35. The van der Waals surface area contributed by atoms with Gasteiger partial charge in [0.2, 0.25) is 0 Å². The van der Waals surface area contributed by atoms with Crippen molar-refractivity contribution in [2.24, 2.45) is 5.92 Å². The van der Waals surface area contributed by atoms with Gasteiger partial charge >= 0.3 is 0 Å². The zero-order chi connectivity index (χ0) is 12.3. The quantitative estimate of drug-likeness (QED) is 0.844. The molecule has 0 saturated heterocycles. The number of benzene rings is 1. The molecular weight excluding hydrogens is 214 g/mol. The molecule has 1 aromatic heterocycles. The Hall–Kier alpha value is -1.68. The number of nitrogens with zero attached hydrogens (tertiary/aromatic N) is 2. The van der Waals surface area contributed by atoms with E-state index in [0.717, 1.165) is 22.5 Å². The highest BCUT2D eigenvalue weighted by molar-refractivity contribution is 5.76. The summed E-state index contributed by atoms with van der Waals surface area (Å²) in [5.41, 5.74) is 2.68. The summed E-state index contributed by atoms with van der Waals surface area (Å²) in [4.78, 5) is 9.02. The van der Waals surface area contributed by atoms with Crippen LogP contribution in [0.15, 0.2) is 24.3 Å². The number of anilines is 1. The van der Waals surface area contributed by atoms with Crippen LogP contribution in [0.3, 0.4) is 0 Å². The maximum absolute atomic E-state index is 8.98. The lowest BCUT2D eigenvalue weighted by molar-refractivity contribution is 0.244. The second kappa shape index (κ2) is 5.10. The summed E-state index contributed by atoms with van der Waals surface area (Å²) in [6, 6.07) is 7.81. The lowest BCUT2D eigenvalue weighted by atomic mass is 10.2. The first-order valence-electron chi connectivity index (χ1n) is 5.79. The van der Waals surface area contributed by atoms with E-state index in [1.165, 1.54) is 0 Å². The van der Waals surface area contributed by atoms with Crippen molar-refractivity contribution in [1.29, 1.82) is 0 Å². The minimum Gasteiger partial charge on any atom is -0.396 e. The molecule has 4 nitrogen and oxygen atoms in total. The number of aryl methyl sites for hydroxylation is 1. The van der Waals surface area contributed by atoms with Crippen molar-refractivity contribution in [2.75, 3.05) is 18.5 Å². The molecule has 0 aliphatic heterocycles. The molecule has 2 rings (SSSR count). The van der Waals surface area contributed by atoms with Crippen LogP contribution >= 0.6 is 0 Å². The molecule has 17 heavy (non-hydrogen) atoms. The van der Waals surface area contributed by atoms with Crippen LogP contribution in [0, 0.1) is 12.8 Å². The van der Waals surface area contributed by atoms with Crippen LogP contribution in [0.25, 0.3) is 11.0 Å². The van der Waals surface area contributed by atoms with Gasteiger partial charge in [-0.3, -0.25) is 0 Å². The Bertz CT molecular complexity index is 513. The summed E-state index contributed by atoms with van der Waals surface area (Å²) in [6.07, 6.45) is 0. The van der Waals surface area contributed by atoms with E-state index in [-0.39, 0.29) is 12.5 Å². The third-order valence-electron chi connectivity index (χ3n) is 2.67. The average molecular weight is 231 g/mol. The molecule has 0 aliphatic rings. The van der Waals surface area contributed by atoms with E-state index in [2.05, 4.69) is 15.3 Å². The number of aromatic nitrogens is 2. The maximum Gasteiger partial charge on any atom is 0.148 e. The summed E-state index contributed by atoms with van der Waals surface area (Å²) in [6.45, 7) is 4.79. The first-order chi connectivity index (χ1) is 8.20. The number of rotatable bonds is 4. The maximum atomic E-state index is 8.98. The first-order valence-corrected chi connectivity index (χ1v) is 5.79. The van der Waals surface area contributed by atoms with Crippen molar-refractivity contribution < 1.29 is 5.11 Å². The van der Waals surface area contributed by atoms with Gasteiger partial charge in [-0.2, -0.15) is 0 Å². The van der Waals surface area contributed by atoms with Crippen molar-refractivity contribution >= 4 is 16.9 Å². The van der Waals surface area contributed by atoms with Gasteiger partial charge in [-0.15, -0.1) is 0 Å². The standard InChI is InChI=1S/C13H17N3O/c1-9(8-17)7-14-13-10(2)15-11-5-3-4-6-12(11)16-13/h3-6,9,17H,7-8H2,1-2H3,(H,14,16). The number of aliphatic hydroxyl groups is 1. The van der Waals surface area contributed by atoms with Crippen LogP contribution in [-0.4, -0.2) is 28.2 Å². The van der Waals surface area contributed by atoms with E-state index >= 15 is 0 Å². The number of fused-ring (bicyclic) bond motifs is 1. The van der Waals surface area contributed by atoms with Crippen LogP contribution in [0.5, 0.6) is 0 Å². The largest absolute Gasteiger partial charge is 0.396 e. The summed E-state index contributed by atoms with van der Waals surface area (Å²) < 4.78 is 0. The Morgan fingerprint density at radius 1 is 1.24 bits per heavy atom. The number of para-hydroxylation sites is 2. The molecule has 0 bridgehead atoms. The highest BCUT2D eigenvalue weighted by atomic mass is 16.3. The van der Waals surface area contributed by atoms with Crippen molar-refractivity contribution in [3.8, 4) is 0 Å². The second-order valence-electron chi connectivity index (χ2n) is 4.31. The predicted octanol–water partition coefficient (Wildman–Crippen LogP) is 1.98. The predicted molar refractivity (Wildman–Crippen MR) is 69.0 cm³/mol. The normalized spacial score (nSPS) is 12.6. The second-order valence-corrected chi connectivity index (χ2v) is 4.31. The third-order valence-corrected chi connectivity index (χ3v) is 2.67. The summed E-state index contributed by atoms with van der Waals surface area (Å²) >= 11 is 0. The van der Waals surface area contributed by atoms with E-state index in [9.17, 15) is 0 Å². The van der Waals surface area contributed by atoms with Crippen molar-refractivity contribution in [3.05, 3.63) is 30.0 Å². The molecule has 0 amide bonds. The number of aliphatic hydroxyl groups excluding tert-OH is 1. The monoisotopic (exact) mass is 231 g/mol. The molecule has 1 aromatic carbocycles. The third kappa shape index (κ3) is 2.71. The van der Waals surface area contributed by atoms with Crippen LogP contribution < -0.4 is 5.32 Å². The number of hydrogen-bond acceptors (Lipinski definition) is 4. The lowest BCUT2D eigenvalue weighted by Crippen LogP contribution is -2.16. The molecular formula is C13H17N3O. The van der Waals surface area contributed by atoms with Crippen LogP contribution in [0.2, 0.25) is 0 Å². The Morgan fingerprint density at radius 2 is 1.88 bits per heavy atom. The molecule has 4 heteroatoms. The minimum absolute atomic E-state index is 0.174. The van der Waals surface area contributed by atoms with Gasteiger partial charge < -0.3 is 10.4 Å². The van der Waals surface area contributed by atoms with Gasteiger partial charge in [0.1, 0.15) is 5.82 Å². The van der Waals surface area contributed by atoms with E-state index in [4.69, 9.17) is 5.11 Å². The van der Waals surface area contributed by atoms with Gasteiger partial charge in [0, 0.05) is 13.2 Å². The van der Waals surface area contributed by atoms with E-state index in [0.29, 0.717) is 6.54 Å². The zero-order valence-corrected chi connectivity index (χ0v) is 10.1. The van der Waals surface area contributed by atoms with E-state index in [1.54, 1.807) is 0 Å². The molecule has 1 atom stereocenters. The van der Waals surface area contributed by atoms with Crippen LogP contribution in [-0.2, 0) is 0 Å². The van der Waals surface area contributed by atoms with E-state index < -0.39 is 0 Å². The van der Waals surface area contributed by atoms with E-state index in [1.807, 2.05) is 38.1 Å². The highest BCUT2D eigenvalue weighted by Gasteiger charge is 2.06. The van der Waals surface area contributed by atoms with Gasteiger partial charge in [-0.05, 0) is 25.0 Å². The molecule has 2 N–H and O–H groups in total. The SMILES string of the molecule is Cc1nc2ccccc2nc1NCC(C)CO. The van der Waals surface area contributed by atoms with Crippen LogP contribution in [0.1, 0.15) is 12.6 Å². The molecule has 0 saturated carbocycles. The van der Waals surface area contributed by atoms with Gasteiger partial charge in [0.15, 0.2) is 0 Å². The van der Waals surface area contributed by atoms with Crippen molar-refractivity contribution in [3.63, 3.8) is 0 Å². The Morgan fingerprint density at radius 3 is 2.53 bits per heavy atom. The molecule has 0 fully saturated rings. The summed E-state index contributed by atoms with van der Waals surface area (Å²) in [5, 5.41) is 12.2. The number of nitrogens with one attached hydrogen (secondary N) is 1. The Kier molecular flexibility index (Phi) is 3.54. The van der Waals surface area contributed by atoms with Gasteiger partial charge in [0.05, 0.1) is 16.7 Å². The molecule has 0 aliphatic carbocycles. The fourth-order valence-corrected chi connectivity index (χ4v) is 1.59. The molecule has 2 aromatic rings. The van der Waals surface area contributed by atoms with Crippen LogP contribution in [0.4, 0.5) is 5.82 Å². The van der Waals surface area contributed by atoms with Crippen molar-refractivity contribution in [1.82, 2.24) is 9.97 Å². The Labute approximate surface area is 101 Å². The fourth-order valence-electron chi connectivity index (χ4n) is 1.59. The molecule has 0 spiro atoms. The topological polar surface area (TPSA) is 58.0 Å².